The molecule has 0 bridgehead atoms. The summed E-state index contributed by atoms with van der Waals surface area (Å²) in [6.45, 7) is 3.89. The highest BCUT2D eigenvalue weighted by Crippen LogP contribution is 2.48. The van der Waals surface area contributed by atoms with Crippen molar-refractivity contribution in [3.8, 4) is 6.07 Å². The van der Waals surface area contributed by atoms with Gasteiger partial charge in [-0.15, -0.1) is 10.2 Å². The lowest BCUT2D eigenvalue weighted by Gasteiger charge is -2.28. The Labute approximate surface area is 164 Å². The molecule has 3 heterocycles. The van der Waals surface area contributed by atoms with Crippen molar-refractivity contribution in [1.82, 2.24) is 20.4 Å². The molecule has 8 heteroatoms. The number of aromatic amines is 1. The Morgan fingerprint density at radius 3 is 2.85 bits per heavy atom. The Hall–Kier alpha value is -2.92. The highest BCUT2D eigenvalue weighted by atomic mass is 79.9. The van der Waals surface area contributed by atoms with Crippen molar-refractivity contribution in [2.24, 2.45) is 0 Å². The predicted octanol–water partition coefficient (Wildman–Crippen LogP) is 4.50. The summed E-state index contributed by atoms with van der Waals surface area (Å²) in [5.41, 5.74) is 4.42. The molecule has 1 atom stereocenters. The third kappa shape index (κ3) is 2.94. The molecule has 2 N–H and O–H groups in total. The summed E-state index contributed by atoms with van der Waals surface area (Å²) < 4.78 is 6.57. The zero-order chi connectivity index (χ0) is 19.0. The zero-order valence-electron chi connectivity index (χ0n) is 14.9. The van der Waals surface area contributed by atoms with Gasteiger partial charge in [-0.2, -0.15) is 10.4 Å². The molecule has 0 amide bonds. The van der Waals surface area contributed by atoms with E-state index in [9.17, 15) is 5.26 Å². The fourth-order valence-electron chi connectivity index (χ4n) is 3.45. The number of H-pyrrole nitrogens is 1. The number of nitrogens with one attached hydrogen (secondary N) is 2. The van der Waals surface area contributed by atoms with Crippen LogP contribution in [0.5, 0.6) is 0 Å². The fraction of sp³-hybridized carbons (Fsp3) is 0.263. The number of nitriles is 1. The monoisotopic (exact) mass is 424 g/mol. The van der Waals surface area contributed by atoms with E-state index in [-0.39, 0.29) is 5.92 Å². The number of benzene rings is 1. The topological polar surface area (TPSA) is 103 Å². The summed E-state index contributed by atoms with van der Waals surface area (Å²) >= 11 is 3.62. The number of hydrogen-bond acceptors (Lipinski definition) is 6. The van der Waals surface area contributed by atoms with Crippen molar-refractivity contribution in [2.45, 2.75) is 32.6 Å². The SMILES string of the molecule is CCCC1=C(c2nnc(C)o2)C(c2cccc(C#N)c2Br)c2c[nH]nc2N1. The molecule has 0 radical (unpaired) electrons. The van der Waals surface area contributed by atoms with E-state index in [4.69, 9.17) is 4.42 Å². The first-order chi connectivity index (χ1) is 13.1. The molecule has 136 valence electrons. The van der Waals surface area contributed by atoms with Crippen LogP contribution in [0.1, 0.15) is 54.2 Å². The second kappa shape index (κ2) is 7.00. The molecule has 1 aliphatic rings. The molecule has 0 saturated heterocycles. The van der Waals surface area contributed by atoms with Gasteiger partial charge >= 0.3 is 0 Å². The van der Waals surface area contributed by atoms with Gasteiger partial charge in [0.25, 0.3) is 0 Å². The zero-order valence-corrected chi connectivity index (χ0v) is 16.5. The van der Waals surface area contributed by atoms with E-state index in [1.54, 1.807) is 13.0 Å². The van der Waals surface area contributed by atoms with Crippen molar-refractivity contribution in [3.63, 3.8) is 0 Å². The Morgan fingerprint density at radius 1 is 1.30 bits per heavy atom. The van der Waals surface area contributed by atoms with Crippen molar-refractivity contribution in [1.29, 1.82) is 5.26 Å². The van der Waals surface area contributed by atoms with Gasteiger partial charge in [0.1, 0.15) is 6.07 Å². The van der Waals surface area contributed by atoms with E-state index in [0.717, 1.165) is 45.5 Å². The van der Waals surface area contributed by atoms with Gasteiger partial charge in [-0.3, -0.25) is 5.10 Å². The lowest BCUT2D eigenvalue weighted by molar-refractivity contribution is 0.502. The van der Waals surface area contributed by atoms with E-state index in [1.807, 2.05) is 18.3 Å². The molecule has 3 aromatic rings. The molecule has 0 saturated carbocycles. The number of anilines is 1. The third-order valence-electron chi connectivity index (χ3n) is 4.58. The molecule has 0 spiro atoms. The third-order valence-corrected chi connectivity index (χ3v) is 5.47. The van der Waals surface area contributed by atoms with Gasteiger partial charge in [-0.25, -0.2) is 0 Å². The number of nitrogens with zero attached hydrogens (tertiary/aromatic N) is 4. The lowest BCUT2D eigenvalue weighted by atomic mass is 9.81. The highest BCUT2D eigenvalue weighted by molar-refractivity contribution is 9.10. The maximum Gasteiger partial charge on any atom is 0.246 e. The molecular formula is C19H17BrN6O. The summed E-state index contributed by atoms with van der Waals surface area (Å²) in [6.07, 6.45) is 3.63. The van der Waals surface area contributed by atoms with E-state index in [2.05, 4.69) is 54.6 Å². The molecule has 1 unspecified atom stereocenters. The van der Waals surface area contributed by atoms with Gasteiger partial charge in [0.15, 0.2) is 5.82 Å². The number of rotatable bonds is 4. The van der Waals surface area contributed by atoms with Crippen molar-refractivity contribution < 1.29 is 4.42 Å². The Bertz CT molecular complexity index is 1070. The maximum atomic E-state index is 9.46. The smallest absolute Gasteiger partial charge is 0.246 e. The van der Waals surface area contributed by atoms with Crippen LogP contribution in [0.2, 0.25) is 0 Å². The van der Waals surface area contributed by atoms with Gasteiger partial charge in [-0.05, 0) is 34.0 Å². The van der Waals surface area contributed by atoms with Gasteiger partial charge in [0, 0.05) is 40.3 Å². The van der Waals surface area contributed by atoms with Crippen LogP contribution in [0.3, 0.4) is 0 Å². The molecule has 7 nitrogen and oxygen atoms in total. The molecule has 1 aliphatic heterocycles. The first kappa shape index (κ1) is 17.5. The van der Waals surface area contributed by atoms with Crippen molar-refractivity contribution in [3.05, 3.63) is 63.0 Å². The number of aryl methyl sites for hydroxylation is 1. The summed E-state index contributed by atoms with van der Waals surface area (Å²) in [4.78, 5) is 0. The molecular weight excluding hydrogens is 408 g/mol. The van der Waals surface area contributed by atoms with E-state index in [0.29, 0.717) is 17.3 Å². The van der Waals surface area contributed by atoms with Crippen molar-refractivity contribution >= 4 is 27.3 Å². The Morgan fingerprint density at radius 2 is 2.15 bits per heavy atom. The van der Waals surface area contributed by atoms with Gasteiger partial charge in [0.05, 0.1) is 5.56 Å². The quantitative estimate of drug-likeness (QED) is 0.638. The molecule has 4 rings (SSSR count). The minimum atomic E-state index is -0.191. The van der Waals surface area contributed by atoms with Crippen LogP contribution >= 0.6 is 15.9 Å². The molecule has 0 aliphatic carbocycles. The number of fused-ring (bicyclic) bond motifs is 1. The first-order valence-corrected chi connectivity index (χ1v) is 9.46. The Kier molecular flexibility index (Phi) is 4.54. The van der Waals surface area contributed by atoms with Crippen LogP contribution in [0, 0.1) is 18.3 Å². The molecule has 1 aromatic carbocycles. The normalized spacial score (nSPS) is 16.0. The van der Waals surface area contributed by atoms with Crippen LogP contribution in [-0.4, -0.2) is 20.4 Å². The number of halogens is 1. The first-order valence-electron chi connectivity index (χ1n) is 8.66. The minimum Gasteiger partial charge on any atom is -0.421 e. The Balaban J connectivity index is 2.00. The van der Waals surface area contributed by atoms with Gasteiger partial charge < -0.3 is 9.73 Å². The average molecular weight is 425 g/mol. The van der Waals surface area contributed by atoms with Gasteiger partial charge in [0.2, 0.25) is 11.8 Å². The van der Waals surface area contributed by atoms with Crippen molar-refractivity contribution in [2.75, 3.05) is 5.32 Å². The summed E-state index contributed by atoms with van der Waals surface area (Å²) in [6, 6.07) is 7.91. The lowest BCUT2D eigenvalue weighted by Crippen LogP contribution is -2.18. The summed E-state index contributed by atoms with van der Waals surface area (Å²) in [5, 5.41) is 28.5. The number of hydrogen-bond donors (Lipinski definition) is 2. The molecule has 27 heavy (non-hydrogen) atoms. The van der Waals surface area contributed by atoms with Gasteiger partial charge in [-0.1, -0.05) is 25.5 Å². The minimum absolute atomic E-state index is 0.191. The second-order valence-corrected chi connectivity index (χ2v) is 7.13. The summed E-state index contributed by atoms with van der Waals surface area (Å²) in [5.74, 6) is 1.58. The van der Waals surface area contributed by atoms with Crippen LogP contribution in [0.15, 0.2) is 39.0 Å². The summed E-state index contributed by atoms with van der Waals surface area (Å²) in [7, 11) is 0. The van der Waals surface area contributed by atoms with E-state index < -0.39 is 0 Å². The number of aromatic nitrogens is 4. The fourth-order valence-corrected chi connectivity index (χ4v) is 4.03. The predicted molar refractivity (Wildman–Crippen MR) is 104 cm³/mol. The van der Waals surface area contributed by atoms with Crippen LogP contribution < -0.4 is 5.32 Å². The van der Waals surface area contributed by atoms with Crippen LogP contribution in [0.4, 0.5) is 5.82 Å². The maximum absolute atomic E-state index is 9.46. The van der Waals surface area contributed by atoms with E-state index in [1.165, 1.54) is 0 Å². The highest BCUT2D eigenvalue weighted by Gasteiger charge is 2.35. The number of allylic oxidation sites excluding steroid dienone is 2. The second-order valence-electron chi connectivity index (χ2n) is 6.34. The standard InChI is InChI=1S/C19H17BrN6O/c1-3-5-14-16(19-26-24-10(2)27-19)15(13-9-22-25-18(13)23-14)12-7-4-6-11(8-21)17(12)20/h4,6-7,9,15H,3,5H2,1-2H3,(H2,22,23,25). The average Bonchev–Trinajstić information content (AvgIpc) is 3.30. The molecule has 0 fully saturated rings. The van der Waals surface area contributed by atoms with E-state index >= 15 is 0 Å². The van der Waals surface area contributed by atoms with Crippen LogP contribution in [-0.2, 0) is 0 Å². The largest absolute Gasteiger partial charge is 0.421 e. The van der Waals surface area contributed by atoms with Crippen LogP contribution in [0.25, 0.3) is 5.57 Å². The molecule has 2 aromatic heterocycles.